The first-order chi connectivity index (χ1) is 11.4. The Balaban J connectivity index is 2.14. The summed E-state index contributed by atoms with van der Waals surface area (Å²) in [5.41, 5.74) is 3.96. The first-order valence-corrected chi connectivity index (χ1v) is 8.76. The first kappa shape index (κ1) is 16.3. The van der Waals surface area contributed by atoms with E-state index in [1.807, 2.05) is 37.3 Å². The zero-order chi connectivity index (χ0) is 17.3. The van der Waals surface area contributed by atoms with E-state index in [0.29, 0.717) is 16.8 Å². The predicted molar refractivity (Wildman–Crippen MR) is 91.2 cm³/mol. The van der Waals surface area contributed by atoms with Crippen LogP contribution in [0.3, 0.4) is 0 Å². The molecule has 0 aliphatic rings. The van der Waals surface area contributed by atoms with E-state index in [9.17, 15) is 12.8 Å². The number of rotatable bonds is 3. The lowest BCUT2D eigenvalue weighted by Crippen LogP contribution is -2.13. The fraction of sp³-hybridized carbons (Fsp3) is 0.0556. The second kappa shape index (κ2) is 6.14. The molecule has 0 amide bonds. The maximum Gasteiger partial charge on any atom is 0.240 e. The average Bonchev–Trinajstić information content (AvgIpc) is 2.54. The molecule has 1 aromatic heterocycles. The van der Waals surface area contributed by atoms with Crippen molar-refractivity contribution < 1.29 is 12.8 Å². The molecular formula is C18H15FN2O2S. The molecule has 2 N–H and O–H groups in total. The van der Waals surface area contributed by atoms with E-state index in [0.717, 1.165) is 17.2 Å². The standard InChI is InChI=1S/C18H15FN2O2S/c1-12-4-6-13(7-5-12)18-15(3-2-10-21-18)14-8-9-17(16(19)11-14)24(20,22)23/h2-11H,1H3,(H2,20,22,23). The van der Waals surface area contributed by atoms with E-state index in [4.69, 9.17) is 5.14 Å². The molecule has 122 valence electrons. The largest absolute Gasteiger partial charge is 0.256 e. The van der Waals surface area contributed by atoms with E-state index in [2.05, 4.69) is 4.98 Å². The zero-order valence-electron chi connectivity index (χ0n) is 12.9. The number of hydrogen-bond donors (Lipinski definition) is 1. The number of sulfonamides is 1. The van der Waals surface area contributed by atoms with Gasteiger partial charge in [-0.3, -0.25) is 4.98 Å². The van der Waals surface area contributed by atoms with Crippen LogP contribution in [0.4, 0.5) is 4.39 Å². The van der Waals surface area contributed by atoms with Gasteiger partial charge in [-0.05, 0) is 30.7 Å². The summed E-state index contributed by atoms with van der Waals surface area (Å²) < 4.78 is 36.8. The number of nitrogens with zero attached hydrogens (tertiary/aromatic N) is 1. The fourth-order valence-corrected chi connectivity index (χ4v) is 3.07. The molecule has 4 nitrogen and oxygen atoms in total. The normalized spacial score (nSPS) is 11.5. The Kier molecular flexibility index (Phi) is 4.17. The van der Waals surface area contributed by atoms with E-state index < -0.39 is 20.7 Å². The average molecular weight is 342 g/mol. The minimum atomic E-state index is -4.09. The fourth-order valence-electron chi connectivity index (χ4n) is 2.48. The van der Waals surface area contributed by atoms with Gasteiger partial charge in [-0.15, -0.1) is 0 Å². The molecule has 0 radical (unpaired) electrons. The summed E-state index contributed by atoms with van der Waals surface area (Å²) in [6, 6.07) is 15.2. The van der Waals surface area contributed by atoms with E-state index in [1.165, 1.54) is 12.1 Å². The van der Waals surface area contributed by atoms with Crippen molar-refractivity contribution in [1.29, 1.82) is 0 Å². The Bertz CT molecular complexity index is 1000. The Morgan fingerprint density at radius 3 is 2.29 bits per heavy atom. The van der Waals surface area contributed by atoms with Crippen molar-refractivity contribution in [3.8, 4) is 22.4 Å². The number of aromatic nitrogens is 1. The molecule has 6 heteroatoms. The summed E-state index contributed by atoms with van der Waals surface area (Å²) in [5, 5.41) is 5.00. The number of benzene rings is 2. The van der Waals surface area contributed by atoms with Crippen LogP contribution in [-0.2, 0) is 10.0 Å². The molecular weight excluding hydrogens is 327 g/mol. The highest BCUT2D eigenvalue weighted by atomic mass is 32.2. The number of aryl methyl sites for hydroxylation is 1. The molecule has 2 aromatic carbocycles. The molecule has 3 rings (SSSR count). The number of hydrogen-bond acceptors (Lipinski definition) is 3. The van der Waals surface area contributed by atoms with Gasteiger partial charge in [0.25, 0.3) is 0 Å². The molecule has 0 saturated carbocycles. The smallest absolute Gasteiger partial charge is 0.240 e. The monoisotopic (exact) mass is 342 g/mol. The number of nitrogens with two attached hydrogens (primary N) is 1. The van der Waals surface area contributed by atoms with Gasteiger partial charge in [-0.1, -0.05) is 42.0 Å². The van der Waals surface area contributed by atoms with Crippen molar-refractivity contribution in [2.45, 2.75) is 11.8 Å². The molecule has 0 atom stereocenters. The van der Waals surface area contributed by atoms with Gasteiger partial charge >= 0.3 is 0 Å². The third kappa shape index (κ3) is 3.20. The summed E-state index contributed by atoms with van der Waals surface area (Å²) in [6.45, 7) is 1.99. The molecule has 0 saturated heterocycles. The molecule has 1 heterocycles. The van der Waals surface area contributed by atoms with E-state index in [1.54, 1.807) is 12.3 Å². The Labute approximate surface area is 139 Å². The summed E-state index contributed by atoms with van der Waals surface area (Å²) in [7, 11) is -4.09. The van der Waals surface area contributed by atoms with Crippen molar-refractivity contribution >= 4 is 10.0 Å². The van der Waals surface area contributed by atoms with Gasteiger partial charge in [0.2, 0.25) is 10.0 Å². The third-order valence-corrected chi connectivity index (χ3v) is 4.63. The number of pyridine rings is 1. The van der Waals surface area contributed by atoms with Gasteiger partial charge in [0.1, 0.15) is 10.7 Å². The van der Waals surface area contributed by atoms with Crippen molar-refractivity contribution in [3.63, 3.8) is 0 Å². The van der Waals surface area contributed by atoms with Crippen LogP contribution in [0.15, 0.2) is 65.7 Å². The Hall–Kier alpha value is -2.57. The summed E-state index contributed by atoms with van der Waals surface area (Å²) in [4.78, 5) is 3.87. The minimum Gasteiger partial charge on any atom is -0.256 e. The topological polar surface area (TPSA) is 73.0 Å². The van der Waals surface area contributed by atoms with Crippen molar-refractivity contribution in [2.24, 2.45) is 5.14 Å². The highest BCUT2D eigenvalue weighted by molar-refractivity contribution is 7.89. The van der Waals surface area contributed by atoms with E-state index in [-0.39, 0.29) is 0 Å². The molecule has 0 aliphatic heterocycles. The second-order valence-electron chi connectivity index (χ2n) is 5.46. The molecule has 0 bridgehead atoms. The molecule has 0 fully saturated rings. The maximum absolute atomic E-state index is 14.1. The number of halogens is 1. The van der Waals surface area contributed by atoms with Crippen LogP contribution in [0.5, 0.6) is 0 Å². The summed E-state index contributed by atoms with van der Waals surface area (Å²) >= 11 is 0. The second-order valence-corrected chi connectivity index (χ2v) is 6.99. The lowest BCUT2D eigenvalue weighted by Gasteiger charge is -2.10. The zero-order valence-corrected chi connectivity index (χ0v) is 13.7. The van der Waals surface area contributed by atoms with Gasteiger partial charge < -0.3 is 0 Å². The lowest BCUT2D eigenvalue weighted by molar-refractivity contribution is 0.568. The Morgan fingerprint density at radius 1 is 1.00 bits per heavy atom. The van der Waals surface area contributed by atoms with Crippen LogP contribution in [0, 0.1) is 12.7 Å². The molecule has 0 unspecified atom stereocenters. The van der Waals surface area contributed by atoms with Crippen LogP contribution >= 0.6 is 0 Å². The van der Waals surface area contributed by atoms with Crippen LogP contribution in [0.2, 0.25) is 0 Å². The minimum absolute atomic E-state index is 0.521. The highest BCUT2D eigenvalue weighted by Gasteiger charge is 2.16. The SMILES string of the molecule is Cc1ccc(-c2ncccc2-c2ccc(S(N)(=O)=O)c(F)c2)cc1. The highest BCUT2D eigenvalue weighted by Crippen LogP contribution is 2.31. The van der Waals surface area contributed by atoms with Gasteiger partial charge in [0.15, 0.2) is 0 Å². The van der Waals surface area contributed by atoms with E-state index >= 15 is 0 Å². The molecule has 0 aliphatic carbocycles. The molecule has 24 heavy (non-hydrogen) atoms. The Morgan fingerprint density at radius 2 is 1.67 bits per heavy atom. The lowest BCUT2D eigenvalue weighted by atomic mass is 9.99. The van der Waals surface area contributed by atoms with Crippen LogP contribution in [-0.4, -0.2) is 13.4 Å². The van der Waals surface area contributed by atoms with Gasteiger partial charge in [-0.25, -0.2) is 17.9 Å². The molecule has 0 spiro atoms. The van der Waals surface area contributed by atoms with Crippen LogP contribution < -0.4 is 5.14 Å². The van der Waals surface area contributed by atoms with Crippen molar-refractivity contribution in [2.75, 3.05) is 0 Å². The van der Waals surface area contributed by atoms with Crippen molar-refractivity contribution in [3.05, 3.63) is 72.2 Å². The number of primary sulfonamides is 1. The third-order valence-electron chi connectivity index (χ3n) is 3.68. The quantitative estimate of drug-likeness (QED) is 0.791. The van der Waals surface area contributed by atoms with Gasteiger partial charge in [0.05, 0.1) is 5.69 Å². The molecule has 3 aromatic rings. The van der Waals surface area contributed by atoms with Gasteiger partial charge in [0, 0.05) is 17.3 Å². The maximum atomic E-state index is 14.1. The van der Waals surface area contributed by atoms with Crippen molar-refractivity contribution in [1.82, 2.24) is 4.98 Å². The predicted octanol–water partition coefficient (Wildman–Crippen LogP) is 3.51. The van der Waals surface area contributed by atoms with Crippen LogP contribution in [0.1, 0.15) is 5.56 Å². The summed E-state index contributed by atoms with van der Waals surface area (Å²) in [5.74, 6) is -0.881. The van der Waals surface area contributed by atoms with Crippen LogP contribution in [0.25, 0.3) is 22.4 Å². The van der Waals surface area contributed by atoms with Gasteiger partial charge in [-0.2, -0.15) is 0 Å². The summed E-state index contributed by atoms with van der Waals surface area (Å²) in [6.07, 6.45) is 1.66. The first-order valence-electron chi connectivity index (χ1n) is 7.21.